The van der Waals surface area contributed by atoms with Crippen LogP contribution in [0.25, 0.3) is 6.08 Å². The lowest BCUT2D eigenvalue weighted by molar-refractivity contribution is -0.147. The third kappa shape index (κ3) is 5.44. The monoisotopic (exact) mass is 301 g/mol. The summed E-state index contributed by atoms with van der Waals surface area (Å²) in [6, 6.07) is 3.60. The maximum Gasteiger partial charge on any atom is 0.325 e. The van der Waals surface area contributed by atoms with Gasteiger partial charge >= 0.3 is 5.97 Å². The first-order valence-corrected chi connectivity index (χ1v) is 7.14. The Labute approximate surface area is 121 Å². The van der Waals surface area contributed by atoms with Crippen LogP contribution in [-0.2, 0) is 14.3 Å². The number of ether oxygens (including phenoxy) is 1. The lowest BCUT2D eigenvalue weighted by Crippen LogP contribution is -2.35. The molecule has 0 atom stereocenters. The molecule has 1 aromatic heterocycles. The molecule has 0 saturated carbocycles. The second-order valence-electron chi connectivity index (χ2n) is 3.63. The van der Waals surface area contributed by atoms with E-state index in [0.29, 0.717) is 17.5 Å². The number of nitrogens with zero attached hydrogens (tertiary/aromatic N) is 1. The van der Waals surface area contributed by atoms with E-state index in [1.807, 2.05) is 13.0 Å². The van der Waals surface area contributed by atoms with E-state index in [4.69, 9.17) is 16.3 Å². The molecular formula is C13H16ClNO3S. The number of amides is 1. The van der Waals surface area contributed by atoms with Crippen molar-refractivity contribution in [3.63, 3.8) is 0 Å². The van der Waals surface area contributed by atoms with Crippen molar-refractivity contribution in [3.05, 3.63) is 27.4 Å². The summed E-state index contributed by atoms with van der Waals surface area (Å²) in [4.78, 5) is 25.6. The maximum atomic E-state index is 11.9. The van der Waals surface area contributed by atoms with Crippen LogP contribution in [0.4, 0.5) is 0 Å². The standard InChI is InChI=1S/C13H16ClNO3S/c1-3-15(9-13(17)18-4-2)12(16)8-6-10-5-7-11(14)19-10/h5-8H,3-4,9H2,1-2H3/b8-6+. The summed E-state index contributed by atoms with van der Waals surface area (Å²) in [6.45, 7) is 4.28. The van der Waals surface area contributed by atoms with Gasteiger partial charge in [-0.05, 0) is 32.1 Å². The van der Waals surface area contributed by atoms with Crippen LogP contribution in [0.15, 0.2) is 18.2 Å². The quantitative estimate of drug-likeness (QED) is 0.599. The maximum absolute atomic E-state index is 11.9. The molecule has 19 heavy (non-hydrogen) atoms. The third-order valence-electron chi connectivity index (χ3n) is 2.30. The van der Waals surface area contributed by atoms with Gasteiger partial charge in [-0.1, -0.05) is 11.6 Å². The molecule has 0 fully saturated rings. The van der Waals surface area contributed by atoms with Crippen LogP contribution in [0, 0.1) is 0 Å². The first-order chi connectivity index (χ1) is 9.06. The first kappa shape index (κ1) is 15.7. The first-order valence-electron chi connectivity index (χ1n) is 5.94. The molecule has 0 bridgehead atoms. The van der Waals surface area contributed by atoms with Gasteiger partial charge in [-0.15, -0.1) is 11.3 Å². The zero-order valence-corrected chi connectivity index (χ0v) is 12.5. The fourth-order valence-electron chi connectivity index (χ4n) is 1.38. The molecule has 0 radical (unpaired) electrons. The van der Waals surface area contributed by atoms with Gasteiger partial charge in [0.05, 0.1) is 10.9 Å². The van der Waals surface area contributed by atoms with Crippen molar-refractivity contribution in [2.24, 2.45) is 0 Å². The summed E-state index contributed by atoms with van der Waals surface area (Å²) in [5, 5.41) is 0. The number of hydrogen-bond acceptors (Lipinski definition) is 4. The van der Waals surface area contributed by atoms with Gasteiger partial charge in [0.1, 0.15) is 6.54 Å². The van der Waals surface area contributed by atoms with E-state index >= 15 is 0 Å². The summed E-state index contributed by atoms with van der Waals surface area (Å²) < 4.78 is 5.49. The Balaban J connectivity index is 2.58. The molecular weight excluding hydrogens is 286 g/mol. The molecule has 1 amide bonds. The van der Waals surface area contributed by atoms with Gasteiger partial charge in [0.15, 0.2) is 0 Å². The Kier molecular flexibility index (Phi) is 6.59. The van der Waals surface area contributed by atoms with Crippen LogP contribution in [0.2, 0.25) is 4.34 Å². The second-order valence-corrected chi connectivity index (χ2v) is 5.38. The van der Waals surface area contributed by atoms with Crippen molar-refractivity contribution in [2.45, 2.75) is 13.8 Å². The molecule has 0 spiro atoms. The largest absolute Gasteiger partial charge is 0.465 e. The Morgan fingerprint density at radius 3 is 2.68 bits per heavy atom. The predicted octanol–water partition coefficient (Wildman–Crippen LogP) is 2.83. The Morgan fingerprint density at radius 2 is 2.16 bits per heavy atom. The Morgan fingerprint density at radius 1 is 1.42 bits per heavy atom. The summed E-state index contributed by atoms with van der Waals surface area (Å²) in [7, 11) is 0. The van der Waals surface area contributed by atoms with Crippen molar-refractivity contribution < 1.29 is 14.3 Å². The van der Waals surface area contributed by atoms with E-state index in [1.165, 1.54) is 22.3 Å². The summed E-state index contributed by atoms with van der Waals surface area (Å²) in [6.07, 6.45) is 3.12. The molecule has 0 N–H and O–H groups in total. The molecule has 0 unspecified atom stereocenters. The number of likely N-dealkylation sites (N-methyl/N-ethyl adjacent to an activating group) is 1. The molecule has 1 aromatic rings. The fourth-order valence-corrected chi connectivity index (χ4v) is 2.35. The van der Waals surface area contributed by atoms with Crippen molar-refractivity contribution in [1.29, 1.82) is 0 Å². The fraction of sp³-hybridized carbons (Fsp3) is 0.385. The van der Waals surface area contributed by atoms with E-state index < -0.39 is 5.97 Å². The van der Waals surface area contributed by atoms with E-state index in [9.17, 15) is 9.59 Å². The van der Waals surface area contributed by atoms with Crippen LogP contribution >= 0.6 is 22.9 Å². The van der Waals surface area contributed by atoms with Crippen LogP contribution in [0.5, 0.6) is 0 Å². The smallest absolute Gasteiger partial charge is 0.325 e. The highest BCUT2D eigenvalue weighted by Gasteiger charge is 2.13. The molecule has 1 rings (SSSR count). The van der Waals surface area contributed by atoms with E-state index in [2.05, 4.69) is 0 Å². The highest BCUT2D eigenvalue weighted by molar-refractivity contribution is 7.17. The number of carbonyl (C=O) groups is 2. The van der Waals surface area contributed by atoms with Crippen LogP contribution in [0.1, 0.15) is 18.7 Å². The third-order valence-corrected chi connectivity index (χ3v) is 3.50. The van der Waals surface area contributed by atoms with Crippen LogP contribution in [-0.4, -0.2) is 36.5 Å². The number of thiophene rings is 1. The second kappa shape index (κ2) is 7.96. The van der Waals surface area contributed by atoms with Gasteiger partial charge in [-0.2, -0.15) is 0 Å². The van der Waals surface area contributed by atoms with Gasteiger partial charge in [0.25, 0.3) is 0 Å². The lowest BCUT2D eigenvalue weighted by atomic mass is 10.3. The molecule has 0 saturated heterocycles. The highest BCUT2D eigenvalue weighted by Crippen LogP contribution is 2.22. The zero-order valence-electron chi connectivity index (χ0n) is 10.9. The van der Waals surface area contributed by atoms with Crippen molar-refractivity contribution in [1.82, 2.24) is 4.90 Å². The topological polar surface area (TPSA) is 46.6 Å². The molecule has 4 nitrogen and oxygen atoms in total. The van der Waals surface area contributed by atoms with Crippen molar-refractivity contribution >= 4 is 40.9 Å². The molecule has 1 heterocycles. The van der Waals surface area contributed by atoms with Gasteiger partial charge in [0, 0.05) is 17.5 Å². The van der Waals surface area contributed by atoms with Gasteiger partial charge < -0.3 is 9.64 Å². The predicted molar refractivity (Wildman–Crippen MR) is 77.3 cm³/mol. The minimum Gasteiger partial charge on any atom is -0.465 e. The Hall–Kier alpha value is -1.33. The van der Waals surface area contributed by atoms with E-state index in [0.717, 1.165) is 4.88 Å². The molecule has 0 aliphatic carbocycles. The SMILES string of the molecule is CCOC(=O)CN(CC)C(=O)/C=C/c1ccc(Cl)s1. The molecule has 104 valence electrons. The van der Waals surface area contributed by atoms with E-state index in [-0.39, 0.29) is 12.5 Å². The molecule has 6 heteroatoms. The normalized spacial score (nSPS) is 10.7. The summed E-state index contributed by atoms with van der Waals surface area (Å²) >= 11 is 7.18. The highest BCUT2D eigenvalue weighted by atomic mass is 35.5. The van der Waals surface area contributed by atoms with Crippen LogP contribution in [0.3, 0.4) is 0 Å². The van der Waals surface area contributed by atoms with Gasteiger partial charge in [0.2, 0.25) is 5.91 Å². The Bertz CT molecular complexity index is 470. The van der Waals surface area contributed by atoms with Crippen LogP contribution < -0.4 is 0 Å². The number of hydrogen-bond donors (Lipinski definition) is 0. The lowest BCUT2D eigenvalue weighted by Gasteiger charge is -2.17. The minimum atomic E-state index is -0.398. The molecule has 0 aromatic carbocycles. The number of halogens is 1. The zero-order chi connectivity index (χ0) is 14.3. The average Bonchev–Trinajstić information content (AvgIpc) is 2.79. The number of rotatable bonds is 6. The molecule has 0 aliphatic rings. The van der Waals surface area contributed by atoms with Crippen molar-refractivity contribution in [3.8, 4) is 0 Å². The number of esters is 1. The van der Waals surface area contributed by atoms with Crippen molar-refractivity contribution in [2.75, 3.05) is 19.7 Å². The van der Waals surface area contributed by atoms with E-state index in [1.54, 1.807) is 19.1 Å². The molecule has 0 aliphatic heterocycles. The minimum absolute atomic E-state index is 0.0291. The summed E-state index contributed by atoms with van der Waals surface area (Å²) in [5.41, 5.74) is 0. The average molecular weight is 302 g/mol. The van der Waals surface area contributed by atoms with Gasteiger partial charge in [-0.3, -0.25) is 9.59 Å². The number of carbonyl (C=O) groups excluding carboxylic acids is 2. The van der Waals surface area contributed by atoms with Gasteiger partial charge in [-0.25, -0.2) is 0 Å². The summed E-state index contributed by atoms with van der Waals surface area (Å²) in [5.74, 6) is -0.620.